The van der Waals surface area contributed by atoms with Crippen molar-refractivity contribution < 1.29 is 22.7 Å². The molecular formula is C28H32F3NO2. The first-order valence-electron chi connectivity index (χ1n) is 11.6. The summed E-state index contributed by atoms with van der Waals surface area (Å²) in [6, 6.07) is 18.3. The van der Waals surface area contributed by atoms with Crippen LogP contribution in [0.25, 0.3) is 11.1 Å². The summed E-state index contributed by atoms with van der Waals surface area (Å²) >= 11 is 0. The van der Waals surface area contributed by atoms with Crippen LogP contribution in [0.2, 0.25) is 0 Å². The predicted octanol–water partition coefficient (Wildman–Crippen LogP) is 8.31. The molecule has 0 spiro atoms. The molecule has 2 aromatic carbocycles. The van der Waals surface area contributed by atoms with Crippen LogP contribution < -0.4 is 4.74 Å². The van der Waals surface area contributed by atoms with Gasteiger partial charge in [-0.15, -0.1) is 0 Å². The lowest BCUT2D eigenvalue weighted by molar-refractivity contribution is -0.137. The number of carbonyl (C=O) groups excluding carboxylic acids is 1. The van der Waals surface area contributed by atoms with E-state index in [1.54, 1.807) is 0 Å². The SMILES string of the molecule is CCCCC(CCC)Oc1ccc(C(F)(F)F)cn1.Cc1ccc(-c2ccccc2)cc1C=O. The minimum atomic E-state index is -4.35. The molecule has 0 radical (unpaired) electrons. The van der Waals surface area contributed by atoms with Gasteiger partial charge < -0.3 is 4.74 Å². The van der Waals surface area contributed by atoms with E-state index in [4.69, 9.17) is 4.74 Å². The molecule has 3 aromatic rings. The van der Waals surface area contributed by atoms with Gasteiger partial charge in [0, 0.05) is 17.8 Å². The standard InChI is InChI=1S/C14H20F3NO.C14H12O/c1-3-5-7-12(6-4-2)19-13-9-8-11(10-18-13)14(15,16)17;1-11-7-8-13(9-14(11)10-15)12-5-3-2-4-6-12/h8-10,12H,3-7H2,1-2H3;2-10H,1H3. The number of aryl methyl sites for hydroxylation is 1. The molecule has 1 atom stereocenters. The van der Waals surface area contributed by atoms with Crippen molar-refractivity contribution in [1.29, 1.82) is 0 Å². The van der Waals surface area contributed by atoms with E-state index in [2.05, 4.69) is 18.8 Å². The Balaban J connectivity index is 0.000000246. The summed E-state index contributed by atoms with van der Waals surface area (Å²) in [6.45, 7) is 6.10. The minimum absolute atomic E-state index is 0.0363. The van der Waals surface area contributed by atoms with Crippen molar-refractivity contribution in [3.63, 3.8) is 0 Å². The number of nitrogens with zero attached hydrogens (tertiary/aromatic N) is 1. The third-order valence-corrected chi connectivity index (χ3v) is 5.35. The molecule has 34 heavy (non-hydrogen) atoms. The van der Waals surface area contributed by atoms with Crippen LogP contribution in [0, 0.1) is 6.92 Å². The molecule has 3 rings (SSSR count). The Kier molecular flexibility index (Phi) is 10.8. The smallest absolute Gasteiger partial charge is 0.417 e. The highest BCUT2D eigenvalue weighted by Gasteiger charge is 2.30. The number of hydrogen-bond donors (Lipinski definition) is 0. The summed E-state index contributed by atoms with van der Waals surface area (Å²) in [7, 11) is 0. The summed E-state index contributed by atoms with van der Waals surface area (Å²) in [4.78, 5) is 14.5. The van der Waals surface area contributed by atoms with Gasteiger partial charge in [-0.2, -0.15) is 13.2 Å². The highest BCUT2D eigenvalue weighted by atomic mass is 19.4. The fourth-order valence-corrected chi connectivity index (χ4v) is 3.38. The van der Waals surface area contributed by atoms with Gasteiger partial charge in [0.15, 0.2) is 0 Å². The van der Waals surface area contributed by atoms with Gasteiger partial charge in [-0.05, 0) is 48.6 Å². The number of unbranched alkanes of at least 4 members (excludes halogenated alkanes) is 1. The van der Waals surface area contributed by atoms with E-state index in [0.717, 1.165) is 72.9 Å². The molecule has 0 aliphatic heterocycles. The van der Waals surface area contributed by atoms with Gasteiger partial charge in [-0.1, -0.05) is 75.6 Å². The number of pyridine rings is 1. The number of halogens is 3. The van der Waals surface area contributed by atoms with E-state index in [-0.39, 0.29) is 12.0 Å². The van der Waals surface area contributed by atoms with E-state index in [1.165, 1.54) is 6.07 Å². The van der Waals surface area contributed by atoms with Crippen LogP contribution >= 0.6 is 0 Å². The van der Waals surface area contributed by atoms with Crippen LogP contribution in [0.5, 0.6) is 5.88 Å². The van der Waals surface area contributed by atoms with Crippen molar-refractivity contribution in [3.05, 3.63) is 83.6 Å². The van der Waals surface area contributed by atoms with Crippen LogP contribution in [-0.4, -0.2) is 17.4 Å². The van der Waals surface area contributed by atoms with Gasteiger partial charge in [-0.25, -0.2) is 4.98 Å². The molecule has 0 aliphatic rings. The Bertz CT molecular complexity index is 1000. The zero-order valence-corrected chi connectivity index (χ0v) is 19.9. The highest BCUT2D eigenvalue weighted by molar-refractivity contribution is 5.81. The molecule has 0 bridgehead atoms. The number of ether oxygens (including phenoxy) is 1. The second-order valence-electron chi connectivity index (χ2n) is 8.11. The molecule has 0 aliphatic carbocycles. The first-order chi connectivity index (χ1) is 16.3. The van der Waals surface area contributed by atoms with Crippen molar-refractivity contribution in [1.82, 2.24) is 4.98 Å². The van der Waals surface area contributed by atoms with E-state index in [9.17, 15) is 18.0 Å². The van der Waals surface area contributed by atoms with Gasteiger partial charge in [0.05, 0.1) is 5.56 Å². The maximum absolute atomic E-state index is 12.4. The minimum Gasteiger partial charge on any atom is -0.474 e. The molecule has 0 N–H and O–H groups in total. The molecular weight excluding hydrogens is 439 g/mol. The van der Waals surface area contributed by atoms with Crippen LogP contribution in [0.4, 0.5) is 13.2 Å². The molecule has 6 heteroatoms. The molecule has 0 saturated carbocycles. The third-order valence-electron chi connectivity index (χ3n) is 5.35. The average molecular weight is 472 g/mol. The Morgan fingerprint density at radius 3 is 2.24 bits per heavy atom. The lowest BCUT2D eigenvalue weighted by Crippen LogP contribution is -2.17. The first-order valence-corrected chi connectivity index (χ1v) is 11.6. The fourth-order valence-electron chi connectivity index (χ4n) is 3.38. The Hall–Kier alpha value is -3.15. The quantitative estimate of drug-likeness (QED) is 0.295. The molecule has 1 unspecified atom stereocenters. The average Bonchev–Trinajstić information content (AvgIpc) is 2.84. The Labute approximate surface area is 200 Å². The zero-order valence-electron chi connectivity index (χ0n) is 19.9. The van der Waals surface area contributed by atoms with E-state index in [0.29, 0.717) is 0 Å². The van der Waals surface area contributed by atoms with Crippen LogP contribution in [0.15, 0.2) is 66.9 Å². The lowest BCUT2D eigenvalue weighted by Gasteiger charge is -2.17. The molecule has 182 valence electrons. The maximum atomic E-state index is 12.4. The summed E-state index contributed by atoms with van der Waals surface area (Å²) in [5, 5.41) is 0. The number of hydrogen-bond acceptors (Lipinski definition) is 3. The number of aldehydes is 1. The summed E-state index contributed by atoms with van der Waals surface area (Å²) in [5.41, 5.74) is 3.25. The van der Waals surface area contributed by atoms with Gasteiger partial charge in [0.25, 0.3) is 0 Å². The summed E-state index contributed by atoms with van der Waals surface area (Å²) < 4.78 is 42.8. The topological polar surface area (TPSA) is 39.2 Å². The predicted molar refractivity (Wildman–Crippen MR) is 130 cm³/mol. The van der Waals surface area contributed by atoms with Gasteiger partial charge in [-0.3, -0.25) is 4.79 Å². The molecule has 0 amide bonds. The zero-order chi connectivity index (χ0) is 25.0. The van der Waals surface area contributed by atoms with Gasteiger partial charge >= 0.3 is 6.18 Å². The van der Waals surface area contributed by atoms with Gasteiger partial charge in [0.2, 0.25) is 5.88 Å². The Morgan fingerprint density at radius 1 is 0.941 bits per heavy atom. The van der Waals surface area contributed by atoms with Crippen molar-refractivity contribution >= 4 is 6.29 Å². The first kappa shape index (κ1) is 27.1. The van der Waals surface area contributed by atoms with E-state index in [1.807, 2.05) is 55.5 Å². The largest absolute Gasteiger partial charge is 0.474 e. The maximum Gasteiger partial charge on any atom is 0.417 e. The van der Waals surface area contributed by atoms with Crippen LogP contribution in [0.1, 0.15) is 67.4 Å². The summed E-state index contributed by atoms with van der Waals surface area (Å²) in [6.07, 6.45) is 2.31. The fraction of sp³-hybridized carbons (Fsp3) is 0.357. The number of aromatic nitrogens is 1. The van der Waals surface area contributed by atoms with Crippen LogP contribution in [-0.2, 0) is 6.18 Å². The lowest BCUT2D eigenvalue weighted by atomic mass is 10.0. The Morgan fingerprint density at radius 2 is 1.68 bits per heavy atom. The van der Waals surface area contributed by atoms with Crippen LogP contribution in [0.3, 0.4) is 0 Å². The molecule has 1 heterocycles. The number of benzene rings is 2. The second-order valence-corrected chi connectivity index (χ2v) is 8.11. The summed E-state index contributed by atoms with van der Waals surface area (Å²) in [5.74, 6) is 0.266. The normalized spacial score (nSPS) is 11.8. The highest BCUT2D eigenvalue weighted by Crippen LogP contribution is 2.29. The van der Waals surface area contributed by atoms with Crippen molar-refractivity contribution in [2.75, 3.05) is 0 Å². The number of alkyl halides is 3. The van der Waals surface area contributed by atoms with E-state index >= 15 is 0 Å². The van der Waals surface area contributed by atoms with Crippen molar-refractivity contribution in [3.8, 4) is 17.0 Å². The number of rotatable bonds is 9. The second kappa shape index (κ2) is 13.5. The third kappa shape index (κ3) is 8.65. The monoisotopic (exact) mass is 471 g/mol. The van der Waals surface area contributed by atoms with E-state index < -0.39 is 11.7 Å². The number of carbonyl (C=O) groups is 1. The molecule has 0 saturated heterocycles. The molecule has 3 nitrogen and oxygen atoms in total. The van der Waals surface area contributed by atoms with Crippen molar-refractivity contribution in [2.24, 2.45) is 0 Å². The molecule has 0 fully saturated rings. The molecule has 1 aromatic heterocycles. The van der Waals surface area contributed by atoms with Crippen molar-refractivity contribution in [2.45, 2.75) is 65.2 Å². The van der Waals surface area contributed by atoms with Gasteiger partial charge in [0.1, 0.15) is 12.4 Å².